The van der Waals surface area contributed by atoms with Gasteiger partial charge < -0.3 is 5.32 Å². The molecule has 0 aromatic rings. The molecule has 2 nitrogen and oxygen atoms in total. The second-order valence-electron chi connectivity index (χ2n) is 4.75. The van der Waals surface area contributed by atoms with Gasteiger partial charge in [0.2, 0.25) is 0 Å². The Labute approximate surface area is 82.7 Å². The van der Waals surface area contributed by atoms with Crippen LogP contribution in [0.1, 0.15) is 40.5 Å². The van der Waals surface area contributed by atoms with E-state index in [9.17, 15) is 0 Å². The van der Waals surface area contributed by atoms with E-state index >= 15 is 0 Å². The largest absolute Gasteiger partial charge is 0.311 e. The van der Waals surface area contributed by atoms with Crippen LogP contribution in [0.5, 0.6) is 0 Å². The van der Waals surface area contributed by atoms with Crippen molar-refractivity contribution >= 4 is 0 Å². The number of hydrogen-bond donors (Lipinski definition) is 1. The van der Waals surface area contributed by atoms with E-state index in [1.54, 1.807) is 0 Å². The summed E-state index contributed by atoms with van der Waals surface area (Å²) in [5.41, 5.74) is 0. The number of likely N-dealkylation sites (tertiary alicyclic amines) is 1. The van der Waals surface area contributed by atoms with Crippen LogP contribution in [0.25, 0.3) is 0 Å². The first-order chi connectivity index (χ1) is 6.09. The molecule has 1 heterocycles. The molecule has 1 atom stereocenters. The Morgan fingerprint density at radius 2 is 1.92 bits per heavy atom. The third kappa shape index (κ3) is 3.65. The first-order valence-electron chi connectivity index (χ1n) is 5.59. The Balaban J connectivity index is 2.33. The van der Waals surface area contributed by atoms with E-state index in [4.69, 9.17) is 0 Å². The fourth-order valence-corrected chi connectivity index (χ4v) is 2.08. The van der Waals surface area contributed by atoms with Crippen LogP contribution in [0.3, 0.4) is 0 Å². The maximum absolute atomic E-state index is 3.62. The van der Waals surface area contributed by atoms with Gasteiger partial charge in [-0.3, -0.25) is 4.90 Å². The van der Waals surface area contributed by atoms with Crippen LogP contribution >= 0.6 is 0 Å². The first-order valence-corrected chi connectivity index (χ1v) is 5.59. The van der Waals surface area contributed by atoms with E-state index in [1.165, 1.54) is 25.9 Å². The molecule has 0 aliphatic carbocycles. The monoisotopic (exact) mass is 184 g/mol. The third-order valence-electron chi connectivity index (χ3n) is 2.75. The van der Waals surface area contributed by atoms with Crippen molar-refractivity contribution in [2.75, 3.05) is 13.1 Å². The number of rotatable bonds is 3. The summed E-state index contributed by atoms with van der Waals surface area (Å²) < 4.78 is 0. The highest BCUT2D eigenvalue weighted by atomic mass is 15.2. The second kappa shape index (κ2) is 4.97. The lowest BCUT2D eigenvalue weighted by Crippen LogP contribution is -2.49. The van der Waals surface area contributed by atoms with Crippen molar-refractivity contribution in [3.63, 3.8) is 0 Å². The van der Waals surface area contributed by atoms with Crippen molar-refractivity contribution in [2.24, 2.45) is 0 Å². The highest BCUT2D eigenvalue weighted by Crippen LogP contribution is 2.12. The highest BCUT2D eigenvalue weighted by molar-refractivity contribution is 4.80. The summed E-state index contributed by atoms with van der Waals surface area (Å²) in [7, 11) is 0. The summed E-state index contributed by atoms with van der Waals surface area (Å²) in [6.07, 6.45) is 2.70. The third-order valence-corrected chi connectivity index (χ3v) is 2.75. The summed E-state index contributed by atoms with van der Waals surface area (Å²) in [5, 5.41) is 3.62. The van der Waals surface area contributed by atoms with Crippen LogP contribution in [0.2, 0.25) is 0 Å². The average Bonchev–Trinajstić information content (AvgIpc) is 2.03. The minimum Gasteiger partial charge on any atom is -0.311 e. The zero-order valence-electron chi connectivity index (χ0n) is 9.51. The van der Waals surface area contributed by atoms with Gasteiger partial charge in [0.05, 0.1) is 0 Å². The standard InChI is InChI=1S/C11H24N2/c1-9(2)12-11-6-5-7-13(8-11)10(3)4/h9-12H,5-8H2,1-4H3/t11-/m1/s1. The second-order valence-corrected chi connectivity index (χ2v) is 4.75. The van der Waals surface area contributed by atoms with Gasteiger partial charge in [0.15, 0.2) is 0 Å². The average molecular weight is 184 g/mol. The Bertz CT molecular complexity index is 143. The van der Waals surface area contributed by atoms with Crippen molar-refractivity contribution in [3.05, 3.63) is 0 Å². The molecule has 2 heteroatoms. The molecular weight excluding hydrogens is 160 g/mol. The number of hydrogen-bond acceptors (Lipinski definition) is 2. The summed E-state index contributed by atoms with van der Waals surface area (Å²) in [5.74, 6) is 0. The quantitative estimate of drug-likeness (QED) is 0.720. The predicted molar refractivity (Wildman–Crippen MR) is 58.0 cm³/mol. The normalized spacial score (nSPS) is 25.8. The van der Waals surface area contributed by atoms with Gasteiger partial charge in [-0.15, -0.1) is 0 Å². The van der Waals surface area contributed by atoms with Gasteiger partial charge >= 0.3 is 0 Å². The maximum atomic E-state index is 3.62. The van der Waals surface area contributed by atoms with Crippen molar-refractivity contribution in [2.45, 2.75) is 58.7 Å². The van der Waals surface area contributed by atoms with Gasteiger partial charge in [-0.2, -0.15) is 0 Å². The molecule has 0 unspecified atom stereocenters. The van der Waals surface area contributed by atoms with E-state index < -0.39 is 0 Å². The highest BCUT2D eigenvalue weighted by Gasteiger charge is 2.21. The van der Waals surface area contributed by atoms with Gasteiger partial charge in [-0.05, 0) is 33.2 Å². The molecule has 1 aliphatic heterocycles. The van der Waals surface area contributed by atoms with Gasteiger partial charge in [-0.25, -0.2) is 0 Å². The zero-order valence-corrected chi connectivity index (χ0v) is 9.51. The van der Waals surface area contributed by atoms with Gasteiger partial charge in [0, 0.05) is 24.7 Å². The van der Waals surface area contributed by atoms with Gasteiger partial charge in [0.25, 0.3) is 0 Å². The molecule has 13 heavy (non-hydrogen) atoms. The fourth-order valence-electron chi connectivity index (χ4n) is 2.08. The van der Waals surface area contributed by atoms with Crippen molar-refractivity contribution in [1.29, 1.82) is 0 Å². The lowest BCUT2D eigenvalue weighted by molar-refractivity contribution is 0.151. The van der Waals surface area contributed by atoms with Crippen LogP contribution in [0.4, 0.5) is 0 Å². The first kappa shape index (κ1) is 11.0. The Hall–Kier alpha value is -0.0800. The van der Waals surface area contributed by atoms with E-state index in [0.717, 1.165) is 6.04 Å². The van der Waals surface area contributed by atoms with Gasteiger partial charge in [-0.1, -0.05) is 13.8 Å². The molecule has 0 bridgehead atoms. The summed E-state index contributed by atoms with van der Waals surface area (Å²) in [6, 6.07) is 2.05. The molecule has 0 radical (unpaired) electrons. The maximum Gasteiger partial charge on any atom is 0.0197 e. The van der Waals surface area contributed by atoms with Crippen LogP contribution in [-0.4, -0.2) is 36.1 Å². The van der Waals surface area contributed by atoms with Crippen LogP contribution in [-0.2, 0) is 0 Å². The Morgan fingerprint density at radius 1 is 1.23 bits per heavy atom. The molecule has 78 valence electrons. The predicted octanol–water partition coefficient (Wildman–Crippen LogP) is 1.86. The molecular formula is C11H24N2. The molecule has 1 fully saturated rings. The molecule has 1 aliphatic rings. The Kier molecular flexibility index (Phi) is 4.20. The molecule has 1 N–H and O–H groups in total. The van der Waals surface area contributed by atoms with Crippen LogP contribution in [0, 0.1) is 0 Å². The molecule has 0 saturated carbocycles. The zero-order chi connectivity index (χ0) is 9.84. The lowest BCUT2D eigenvalue weighted by Gasteiger charge is -2.36. The van der Waals surface area contributed by atoms with Crippen molar-refractivity contribution in [1.82, 2.24) is 10.2 Å². The van der Waals surface area contributed by atoms with E-state index in [-0.39, 0.29) is 0 Å². The van der Waals surface area contributed by atoms with E-state index in [1.807, 2.05) is 0 Å². The topological polar surface area (TPSA) is 15.3 Å². The molecule has 1 rings (SSSR count). The SMILES string of the molecule is CC(C)N[C@@H]1CCCN(C(C)C)C1. The smallest absolute Gasteiger partial charge is 0.0197 e. The van der Waals surface area contributed by atoms with E-state index in [2.05, 4.69) is 37.9 Å². The van der Waals surface area contributed by atoms with Crippen LogP contribution in [0.15, 0.2) is 0 Å². The molecule has 0 spiro atoms. The molecule has 1 saturated heterocycles. The molecule has 0 amide bonds. The summed E-state index contributed by atoms with van der Waals surface area (Å²) >= 11 is 0. The van der Waals surface area contributed by atoms with Gasteiger partial charge in [0.1, 0.15) is 0 Å². The summed E-state index contributed by atoms with van der Waals surface area (Å²) in [4.78, 5) is 2.57. The number of piperidine rings is 1. The summed E-state index contributed by atoms with van der Waals surface area (Å²) in [6.45, 7) is 11.6. The Morgan fingerprint density at radius 3 is 2.46 bits per heavy atom. The van der Waals surface area contributed by atoms with E-state index in [0.29, 0.717) is 12.1 Å². The molecule has 0 aromatic heterocycles. The van der Waals surface area contributed by atoms with Crippen molar-refractivity contribution in [3.8, 4) is 0 Å². The minimum atomic E-state index is 0.622. The minimum absolute atomic E-state index is 0.622. The lowest BCUT2D eigenvalue weighted by atomic mass is 10.0. The fraction of sp³-hybridized carbons (Fsp3) is 1.00. The van der Waals surface area contributed by atoms with Crippen molar-refractivity contribution < 1.29 is 0 Å². The van der Waals surface area contributed by atoms with Crippen LogP contribution < -0.4 is 5.32 Å². The number of nitrogens with zero attached hydrogens (tertiary/aromatic N) is 1. The molecule has 0 aromatic carbocycles. The number of nitrogens with one attached hydrogen (secondary N) is 1.